The maximum atomic E-state index is 4.93. The van der Waals surface area contributed by atoms with Crippen molar-refractivity contribution in [2.45, 2.75) is 58.9 Å². The van der Waals surface area contributed by atoms with Gasteiger partial charge in [-0.2, -0.15) is 0 Å². The van der Waals surface area contributed by atoms with E-state index in [2.05, 4.69) is 54.3 Å². The van der Waals surface area contributed by atoms with Crippen molar-refractivity contribution < 1.29 is 0 Å². The molecule has 0 saturated carbocycles. The monoisotopic (exact) mass is 491 g/mol. The van der Waals surface area contributed by atoms with E-state index in [9.17, 15) is 0 Å². The van der Waals surface area contributed by atoms with Crippen LogP contribution in [0, 0.1) is 5.92 Å². The average molecular weight is 492 g/mol. The molecule has 1 atom stereocenters. The van der Waals surface area contributed by atoms with Gasteiger partial charge in [0.25, 0.3) is 0 Å². The number of halogens is 1. The summed E-state index contributed by atoms with van der Waals surface area (Å²) < 4.78 is 0. The summed E-state index contributed by atoms with van der Waals surface area (Å²) in [4.78, 5) is 9.98. The number of guanidine groups is 1. The number of likely N-dealkylation sites (N-methyl/N-ethyl adjacent to an activating group) is 1. The molecule has 1 fully saturated rings. The maximum Gasteiger partial charge on any atom is 0.191 e. The molecule has 0 aromatic heterocycles. The molecular weight excluding hydrogens is 449 g/mol. The van der Waals surface area contributed by atoms with Gasteiger partial charge in [0.05, 0.1) is 6.54 Å². The van der Waals surface area contributed by atoms with E-state index < -0.39 is 0 Å². The maximum absolute atomic E-state index is 4.93. The number of piperazine rings is 1. The topological polar surface area (TPSA) is 42.9 Å². The Morgan fingerprint density at radius 3 is 2.48 bits per heavy atom. The molecule has 0 aromatic rings. The Hall–Kier alpha value is -0.340. The van der Waals surface area contributed by atoms with Gasteiger partial charge in [0.15, 0.2) is 5.96 Å². The van der Waals surface area contributed by atoms with Crippen LogP contribution in [0.3, 0.4) is 0 Å². The highest BCUT2D eigenvalue weighted by atomic mass is 127. The van der Waals surface area contributed by atoms with Gasteiger partial charge in [0.1, 0.15) is 0 Å². The van der Waals surface area contributed by atoms with Crippen LogP contribution in [0.15, 0.2) is 16.6 Å². The Morgan fingerprint density at radius 2 is 1.89 bits per heavy atom. The van der Waals surface area contributed by atoms with Crippen LogP contribution in [-0.2, 0) is 0 Å². The highest BCUT2D eigenvalue weighted by Gasteiger charge is 2.24. The second kappa shape index (κ2) is 13.8. The molecule has 2 aliphatic rings. The molecular formula is C21H42IN5. The molecule has 0 spiro atoms. The Bertz CT molecular complexity index is 455. The van der Waals surface area contributed by atoms with Crippen LogP contribution in [0.2, 0.25) is 0 Å². The lowest BCUT2D eigenvalue weighted by Crippen LogP contribution is -2.52. The quantitative estimate of drug-likeness (QED) is 0.237. The van der Waals surface area contributed by atoms with Crippen molar-refractivity contribution >= 4 is 29.9 Å². The normalized spacial score (nSPS) is 20.8. The minimum atomic E-state index is 0. The molecule has 158 valence electrons. The molecule has 1 heterocycles. The second-order valence-corrected chi connectivity index (χ2v) is 8.16. The molecule has 2 N–H and O–H groups in total. The Labute approximate surface area is 184 Å². The van der Waals surface area contributed by atoms with Gasteiger partial charge in [0.2, 0.25) is 0 Å². The summed E-state index contributed by atoms with van der Waals surface area (Å²) in [7, 11) is 2.22. The number of allylic oxidation sites excluding steroid dienone is 1. The average Bonchev–Trinajstić information content (AvgIpc) is 2.64. The predicted octanol–water partition coefficient (Wildman–Crippen LogP) is 3.32. The van der Waals surface area contributed by atoms with E-state index in [0.717, 1.165) is 45.1 Å². The second-order valence-electron chi connectivity index (χ2n) is 8.16. The number of hydrogen-bond donors (Lipinski definition) is 2. The zero-order valence-corrected chi connectivity index (χ0v) is 20.3. The van der Waals surface area contributed by atoms with Crippen LogP contribution >= 0.6 is 24.0 Å². The summed E-state index contributed by atoms with van der Waals surface area (Å²) in [6.45, 7) is 14.2. The Balaban J connectivity index is 0.00000364. The van der Waals surface area contributed by atoms with E-state index in [1.165, 1.54) is 38.8 Å². The fourth-order valence-corrected chi connectivity index (χ4v) is 3.90. The molecule has 0 bridgehead atoms. The summed E-state index contributed by atoms with van der Waals surface area (Å²) in [6, 6.07) is 0.528. The van der Waals surface area contributed by atoms with Gasteiger partial charge in [-0.05, 0) is 52.0 Å². The van der Waals surface area contributed by atoms with Crippen molar-refractivity contribution in [3.63, 3.8) is 0 Å². The first kappa shape index (κ1) is 24.7. The summed E-state index contributed by atoms with van der Waals surface area (Å²) >= 11 is 0. The molecule has 0 aromatic carbocycles. The number of hydrogen-bond acceptors (Lipinski definition) is 3. The van der Waals surface area contributed by atoms with Gasteiger partial charge >= 0.3 is 0 Å². The number of aliphatic imine (C=N–C) groups is 1. The molecule has 6 heteroatoms. The van der Waals surface area contributed by atoms with Crippen LogP contribution in [0.1, 0.15) is 52.9 Å². The summed E-state index contributed by atoms with van der Waals surface area (Å²) in [5.74, 6) is 1.60. The van der Waals surface area contributed by atoms with Crippen molar-refractivity contribution in [3.8, 4) is 0 Å². The zero-order valence-electron chi connectivity index (χ0n) is 18.0. The number of rotatable bonds is 8. The lowest BCUT2D eigenvalue weighted by molar-refractivity contribution is 0.0925. The SMILES string of the molecule is CCNC(=NCC(C(C)C)N1CCN(C)CC1)NCCC1=CCCCC1.I. The molecule has 0 radical (unpaired) electrons. The Kier molecular flexibility index (Phi) is 12.6. The smallest absolute Gasteiger partial charge is 0.191 e. The fraction of sp³-hybridized carbons (Fsp3) is 0.857. The first-order chi connectivity index (χ1) is 12.6. The standard InChI is InChI=1S/C21H41N5.HI/c1-5-22-21(23-12-11-19-9-7-6-8-10-19)24-17-20(18(2)3)26-15-13-25(4)14-16-26;/h9,18,20H,5-8,10-17H2,1-4H3,(H2,22,23,24);1H. The third-order valence-electron chi connectivity index (χ3n) is 5.68. The summed E-state index contributed by atoms with van der Waals surface area (Å²) in [5, 5.41) is 6.96. The fourth-order valence-electron chi connectivity index (χ4n) is 3.90. The van der Waals surface area contributed by atoms with Crippen molar-refractivity contribution in [2.75, 3.05) is 52.9 Å². The van der Waals surface area contributed by atoms with Crippen molar-refractivity contribution in [1.82, 2.24) is 20.4 Å². The van der Waals surface area contributed by atoms with Gasteiger partial charge in [0, 0.05) is 45.3 Å². The van der Waals surface area contributed by atoms with Gasteiger partial charge in [-0.1, -0.05) is 25.5 Å². The number of nitrogens with one attached hydrogen (secondary N) is 2. The largest absolute Gasteiger partial charge is 0.357 e. The van der Waals surface area contributed by atoms with Crippen LogP contribution in [-0.4, -0.2) is 74.7 Å². The van der Waals surface area contributed by atoms with E-state index in [4.69, 9.17) is 4.99 Å². The molecule has 1 aliphatic heterocycles. The van der Waals surface area contributed by atoms with Crippen molar-refractivity contribution in [2.24, 2.45) is 10.9 Å². The van der Waals surface area contributed by atoms with E-state index in [1.807, 2.05) is 0 Å². The predicted molar refractivity (Wildman–Crippen MR) is 128 cm³/mol. The lowest BCUT2D eigenvalue weighted by atomic mass is 9.97. The number of nitrogens with zero attached hydrogens (tertiary/aromatic N) is 3. The van der Waals surface area contributed by atoms with E-state index in [-0.39, 0.29) is 24.0 Å². The minimum Gasteiger partial charge on any atom is -0.357 e. The third-order valence-corrected chi connectivity index (χ3v) is 5.68. The minimum absolute atomic E-state index is 0. The highest BCUT2D eigenvalue weighted by Crippen LogP contribution is 2.19. The molecule has 0 amide bonds. The van der Waals surface area contributed by atoms with Crippen LogP contribution in [0.25, 0.3) is 0 Å². The molecule has 1 unspecified atom stereocenters. The van der Waals surface area contributed by atoms with Gasteiger partial charge in [-0.3, -0.25) is 9.89 Å². The van der Waals surface area contributed by atoms with Crippen LogP contribution < -0.4 is 10.6 Å². The molecule has 2 rings (SSSR count). The van der Waals surface area contributed by atoms with Crippen molar-refractivity contribution in [3.05, 3.63) is 11.6 Å². The van der Waals surface area contributed by atoms with Gasteiger partial charge in [-0.25, -0.2) is 0 Å². The highest BCUT2D eigenvalue weighted by molar-refractivity contribution is 14.0. The molecule has 1 aliphatic carbocycles. The summed E-state index contributed by atoms with van der Waals surface area (Å²) in [6.07, 6.45) is 8.87. The van der Waals surface area contributed by atoms with E-state index >= 15 is 0 Å². The van der Waals surface area contributed by atoms with Crippen LogP contribution in [0.4, 0.5) is 0 Å². The molecule has 1 saturated heterocycles. The van der Waals surface area contributed by atoms with E-state index in [0.29, 0.717) is 12.0 Å². The third kappa shape index (κ3) is 9.13. The molecule has 27 heavy (non-hydrogen) atoms. The lowest BCUT2D eigenvalue weighted by Gasteiger charge is -2.39. The van der Waals surface area contributed by atoms with E-state index in [1.54, 1.807) is 5.57 Å². The first-order valence-electron chi connectivity index (χ1n) is 10.7. The summed E-state index contributed by atoms with van der Waals surface area (Å²) in [5.41, 5.74) is 1.62. The Morgan fingerprint density at radius 1 is 1.15 bits per heavy atom. The van der Waals surface area contributed by atoms with Gasteiger partial charge < -0.3 is 15.5 Å². The van der Waals surface area contributed by atoms with Crippen molar-refractivity contribution in [1.29, 1.82) is 0 Å². The van der Waals surface area contributed by atoms with Gasteiger partial charge in [-0.15, -0.1) is 24.0 Å². The zero-order chi connectivity index (χ0) is 18.8. The first-order valence-corrected chi connectivity index (χ1v) is 10.7. The molecule has 5 nitrogen and oxygen atoms in total. The van der Waals surface area contributed by atoms with Crippen LogP contribution in [0.5, 0.6) is 0 Å².